The van der Waals surface area contributed by atoms with Crippen molar-refractivity contribution >= 4 is 33.1 Å². The van der Waals surface area contributed by atoms with Crippen molar-refractivity contribution in [2.45, 2.75) is 4.21 Å². The van der Waals surface area contributed by atoms with Gasteiger partial charge in [0.2, 0.25) is 0 Å². The summed E-state index contributed by atoms with van der Waals surface area (Å²) in [5.41, 5.74) is 0. The van der Waals surface area contributed by atoms with Crippen molar-refractivity contribution in [2.24, 2.45) is 0 Å². The largest absolute Gasteiger partial charge is 0.378 e. The minimum absolute atomic E-state index is 0.114. The van der Waals surface area contributed by atoms with Crippen LogP contribution in [0.1, 0.15) is 0 Å². The highest BCUT2D eigenvalue weighted by atomic mass is 35.5. The molecule has 0 unspecified atom stereocenters. The Hall–Kier alpha value is -1.18. The van der Waals surface area contributed by atoms with Crippen LogP contribution in [0.2, 0.25) is 4.34 Å². The first-order valence-corrected chi connectivity index (χ1v) is 7.13. The molecule has 0 aliphatic carbocycles. The van der Waals surface area contributed by atoms with Crippen molar-refractivity contribution in [1.29, 1.82) is 0 Å². The fourth-order valence-corrected chi connectivity index (χ4v) is 3.50. The van der Waals surface area contributed by atoms with Crippen LogP contribution in [0.15, 0.2) is 34.5 Å². The maximum atomic E-state index is 12.9. The molecule has 0 atom stereocenters. The van der Waals surface area contributed by atoms with E-state index in [-0.39, 0.29) is 14.3 Å². The van der Waals surface area contributed by atoms with E-state index in [2.05, 4.69) is 4.18 Å². The van der Waals surface area contributed by atoms with E-state index < -0.39 is 21.8 Å². The molecule has 96 valence electrons. The van der Waals surface area contributed by atoms with Crippen molar-refractivity contribution < 1.29 is 21.4 Å². The molecule has 1 heterocycles. The molecule has 2 rings (SSSR count). The Labute approximate surface area is 111 Å². The second-order valence-corrected chi connectivity index (χ2v) is 6.66. The molecule has 3 nitrogen and oxygen atoms in total. The third-order valence-corrected chi connectivity index (χ3v) is 4.82. The highest BCUT2D eigenvalue weighted by molar-refractivity contribution is 7.89. The third-order valence-electron chi connectivity index (χ3n) is 1.89. The van der Waals surface area contributed by atoms with Crippen LogP contribution in [0, 0.1) is 11.6 Å². The first-order chi connectivity index (χ1) is 8.38. The second-order valence-electron chi connectivity index (χ2n) is 3.17. The molecule has 18 heavy (non-hydrogen) atoms. The number of hydrogen-bond donors (Lipinski definition) is 0. The highest BCUT2D eigenvalue weighted by Gasteiger charge is 2.19. The summed E-state index contributed by atoms with van der Waals surface area (Å²) in [5, 5.41) is 0. The summed E-state index contributed by atoms with van der Waals surface area (Å²) in [4.78, 5) is 0. The van der Waals surface area contributed by atoms with Crippen LogP contribution in [-0.2, 0) is 10.1 Å². The molecule has 2 aromatic rings. The van der Waals surface area contributed by atoms with Gasteiger partial charge in [-0.3, -0.25) is 0 Å². The van der Waals surface area contributed by atoms with Crippen LogP contribution >= 0.6 is 22.9 Å². The van der Waals surface area contributed by atoms with Crippen molar-refractivity contribution in [3.05, 3.63) is 46.3 Å². The first-order valence-electron chi connectivity index (χ1n) is 4.53. The van der Waals surface area contributed by atoms with Crippen LogP contribution in [0.4, 0.5) is 8.78 Å². The van der Waals surface area contributed by atoms with Gasteiger partial charge in [-0.2, -0.15) is 8.42 Å². The van der Waals surface area contributed by atoms with Crippen molar-refractivity contribution in [1.82, 2.24) is 0 Å². The fourth-order valence-electron chi connectivity index (χ4n) is 1.13. The summed E-state index contributed by atoms with van der Waals surface area (Å²) in [6.45, 7) is 0. The lowest BCUT2D eigenvalue weighted by Crippen LogP contribution is -2.08. The van der Waals surface area contributed by atoms with Crippen LogP contribution in [0.25, 0.3) is 0 Å². The summed E-state index contributed by atoms with van der Waals surface area (Å²) in [6, 6.07) is 5.12. The van der Waals surface area contributed by atoms with Gasteiger partial charge >= 0.3 is 10.1 Å². The van der Waals surface area contributed by atoms with Gasteiger partial charge < -0.3 is 4.18 Å². The van der Waals surface area contributed by atoms with Gasteiger partial charge in [0.05, 0.1) is 4.34 Å². The molecule has 0 fully saturated rings. The molecule has 0 spiro atoms. The minimum atomic E-state index is -4.08. The summed E-state index contributed by atoms with van der Waals surface area (Å²) in [7, 11) is -4.08. The van der Waals surface area contributed by atoms with Crippen LogP contribution < -0.4 is 4.18 Å². The van der Waals surface area contributed by atoms with Crippen molar-refractivity contribution in [2.75, 3.05) is 0 Å². The van der Waals surface area contributed by atoms with Crippen molar-refractivity contribution in [3.8, 4) is 5.75 Å². The average molecular weight is 311 g/mol. The van der Waals surface area contributed by atoms with Crippen LogP contribution in [0.3, 0.4) is 0 Å². The molecule has 1 aromatic carbocycles. The van der Waals surface area contributed by atoms with Gasteiger partial charge in [-0.25, -0.2) is 8.78 Å². The summed E-state index contributed by atoms with van der Waals surface area (Å²) >= 11 is 6.41. The van der Waals surface area contributed by atoms with Crippen LogP contribution in [0.5, 0.6) is 5.75 Å². The molecule has 0 saturated carbocycles. The zero-order valence-electron chi connectivity index (χ0n) is 8.56. The predicted molar refractivity (Wildman–Crippen MR) is 63.5 cm³/mol. The Morgan fingerprint density at radius 1 is 1.11 bits per heavy atom. The highest BCUT2D eigenvalue weighted by Crippen LogP contribution is 2.28. The molecule has 0 saturated heterocycles. The number of halogens is 3. The Balaban J connectivity index is 2.30. The zero-order chi connectivity index (χ0) is 13.3. The second kappa shape index (κ2) is 4.83. The molecular weight excluding hydrogens is 306 g/mol. The lowest BCUT2D eigenvalue weighted by Gasteiger charge is -2.05. The molecule has 0 radical (unpaired) electrons. The van der Waals surface area contributed by atoms with E-state index in [0.29, 0.717) is 6.07 Å². The van der Waals surface area contributed by atoms with Gasteiger partial charge in [-0.05, 0) is 24.3 Å². The molecule has 0 aliphatic heterocycles. The fraction of sp³-hybridized carbons (Fsp3) is 0. The molecule has 0 bridgehead atoms. The lowest BCUT2D eigenvalue weighted by atomic mass is 10.3. The maximum absolute atomic E-state index is 12.9. The summed E-state index contributed by atoms with van der Waals surface area (Å²) in [6.07, 6.45) is 0. The number of thiophene rings is 1. The summed E-state index contributed by atoms with van der Waals surface area (Å²) < 4.78 is 53.8. The van der Waals surface area contributed by atoms with E-state index in [1.807, 2.05) is 0 Å². The van der Waals surface area contributed by atoms with E-state index in [4.69, 9.17) is 11.6 Å². The third kappa shape index (κ3) is 2.80. The van der Waals surface area contributed by atoms with Gasteiger partial charge in [-0.1, -0.05) is 11.6 Å². The Morgan fingerprint density at radius 3 is 2.39 bits per heavy atom. The molecule has 1 aromatic heterocycles. The van der Waals surface area contributed by atoms with E-state index >= 15 is 0 Å². The molecule has 8 heteroatoms. The Bertz CT molecular complexity index is 682. The van der Waals surface area contributed by atoms with Gasteiger partial charge in [-0.15, -0.1) is 11.3 Å². The van der Waals surface area contributed by atoms with E-state index in [1.165, 1.54) is 12.1 Å². The minimum Gasteiger partial charge on any atom is -0.378 e. The van der Waals surface area contributed by atoms with Gasteiger partial charge in [0.15, 0.2) is 15.8 Å². The number of hydrogen-bond acceptors (Lipinski definition) is 4. The molecular formula is C10H5ClF2O3S2. The molecule has 0 N–H and O–H groups in total. The zero-order valence-corrected chi connectivity index (χ0v) is 11.0. The maximum Gasteiger partial charge on any atom is 0.348 e. The monoisotopic (exact) mass is 310 g/mol. The Kier molecular flexibility index (Phi) is 3.56. The number of rotatable bonds is 3. The van der Waals surface area contributed by atoms with Crippen molar-refractivity contribution in [3.63, 3.8) is 0 Å². The van der Waals surface area contributed by atoms with E-state index in [0.717, 1.165) is 23.5 Å². The van der Waals surface area contributed by atoms with Crippen LogP contribution in [-0.4, -0.2) is 8.42 Å². The van der Waals surface area contributed by atoms with E-state index in [9.17, 15) is 17.2 Å². The van der Waals surface area contributed by atoms with Gasteiger partial charge in [0.1, 0.15) is 5.75 Å². The standard InChI is InChI=1S/C10H5ClF2O3S2/c11-9-3-4-10(17-9)18(14,15)16-6-1-2-7(12)8(13)5-6/h1-5H. The lowest BCUT2D eigenvalue weighted by molar-refractivity contribution is 0.473. The first kappa shape index (κ1) is 13.3. The smallest absolute Gasteiger partial charge is 0.348 e. The SMILES string of the molecule is O=S(=O)(Oc1ccc(F)c(F)c1)c1ccc(Cl)s1. The normalized spacial score (nSPS) is 11.5. The van der Waals surface area contributed by atoms with Gasteiger partial charge in [0.25, 0.3) is 0 Å². The Morgan fingerprint density at radius 2 is 1.83 bits per heavy atom. The molecule has 0 amide bonds. The quantitative estimate of drug-likeness (QED) is 0.816. The topological polar surface area (TPSA) is 43.4 Å². The number of benzene rings is 1. The predicted octanol–water partition coefficient (Wildman–Crippen LogP) is 3.45. The van der Waals surface area contributed by atoms with E-state index in [1.54, 1.807) is 0 Å². The average Bonchev–Trinajstić information content (AvgIpc) is 2.71. The summed E-state index contributed by atoms with van der Waals surface area (Å²) in [5.74, 6) is -2.58. The molecule has 0 aliphatic rings. The van der Waals surface area contributed by atoms with Gasteiger partial charge in [0, 0.05) is 6.07 Å².